The van der Waals surface area contributed by atoms with E-state index in [-0.39, 0.29) is 18.1 Å². The molecule has 0 aromatic heterocycles. The molecule has 2 unspecified atom stereocenters. The zero-order valence-corrected chi connectivity index (χ0v) is 18.1. The molecular weight excluding hydrogens is 408 g/mol. The Labute approximate surface area is 176 Å². The van der Waals surface area contributed by atoms with Crippen molar-refractivity contribution in [2.45, 2.75) is 43.9 Å². The van der Waals surface area contributed by atoms with Gasteiger partial charge in [-0.2, -0.15) is 0 Å². The minimum Gasteiger partial charge on any atom is -0.396 e. The van der Waals surface area contributed by atoms with Crippen LogP contribution in [0.5, 0.6) is 0 Å². The van der Waals surface area contributed by atoms with Crippen LogP contribution in [0.4, 0.5) is 0 Å². The van der Waals surface area contributed by atoms with Crippen molar-refractivity contribution in [1.82, 2.24) is 10.8 Å². The second-order valence-electron chi connectivity index (χ2n) is 8.16. The number of hydrogen-bond donors (Lipinski definition) is 4. The third kappa shape index (κ3) is 5.59. The van der Waals surface area contributed by atoms with Crippen molar-refractivity contribution in [1.29, 1.82) is 0 Å². The molecule has 4 N–H and O–H groups in total. The van der Waals surface area contributed by atoms with Gasteiger partial charge in [-0.05, 0) is 63.3 Å². The first-order chi connectivity index (χ1) is 14.0. The van der Waals surface area contributed by atoms with Gasteiger partial charge < -0.3 is 10.4 Å². The fraction of sp³-hybridized carbons (Fsp3) is 0.524. The summed E-state index contributed by atoms with van der Waals surface area (Å²) < 4.78 is 22.5. The lowest BCUT2D eigenvalue weighted by atomic mass is 10.0. The molecule has 0 aliphatic heterocycles. The summed E-state index contributed by atoms with van der Waals surface area (Å²) in [6.07, 6.45) is 3.77. The number of carbonyl (C=O) groups excluding carboxylic acids is 2. The molecular formula is C21H28N2O6S. The van der Waals surface area contributed by atoms with Crippen LogP contribution >= 0.6 is 0 Å². The van der Waals surface area contributed by atoms with E-state index in [1.807, 2.05) is 0 Å². The highest BCUT2D eigenvalue weighted by atomic mass is 32.2. The van der Waals surface area contributed by atoms with Gasteiger partial charge in [0.25, 0.3) is 11.8 Å². The van der Waals surface area contributed by atoms with Crippen LogP contribution in [0.2, 0.25) is 0 Å². The van der Waals surface area contributed by atoms with Gasteiger partial charge in [-0.25, -0.2) is 13.9 Å². The van der Waals surface area contributed by atoms with Crippen molar-refractivity contribution in [2.75, 3.05) is 12.9 Å². The van der Waals surface area contributed by atoms with Gasteiger partial charge in [0.2, 0.25) is 0 Å². The van der Waals surface area contributed by atoms with Crippen molar-refractivity contribution in [3.8, 4) is 11.8 Å². The van der Waals surface area contributed by atoms with Crippen molar-refractivity contribution >= 4 is 21.7 Å². The Balaban J connectivity index is 2.12. The molecule has 0 bridgehead atoms. The lowest BCUT2D eigenvalue weighted by Crippen LogP contribution is -2.60. The molecule has 1 fully saturated rings. The van der Waals surface area contributed by atoms with Gasteiger partial charge in [-0.1, -0.05) is 11.8 Å². The third-order valence-electron chi connectivity index (χ3n) is 5.67. The summed E-state index contributed by atoms with van der Waals surface area (Å²) in [6.45, 7) is 2.78. The quantitative estimate of drug-likeness (QED) is 0.297. The number of benzene rings is 1. The standard InChI is InChI=1S/C21H28N2O6S/c1-21(2,30(3,28)29)18(20(26)23-27)22-19(25)17-10-8-14(9-11-17)4-5-15-6-7-16(12-15)13-24/h8-11,15-16,18,24,27H,6-7,12-13H2,1-3H3,(H,22,25)(H,23,26)/t15?,16?,18-/m1/s1. The van der Waals surface area contributed by atoms with E-state index in [1.165, 1.54) is 31.5 Å². The summed E-state index contributed by atoms with van der Waals surface area (Å²) >= 11 is 0. The second-order valence-corrected chi connectivity index (χ2v) is 10.8. The molecule has 0 radical (unpaired) electrons. The minimum atomic E-state index is -3.73. The average molecular weight is 437 g/mol. The Morgan fingerprint density at radius 1 is 1.23 bits per heavy atom. The summed E-state index contributed by atoms with van der Waals surface area (Å²) in [7, 11) is -3.73. The molecule has 1 saturated carbocycles. The third-order valence-corrected chi connectivity index (χ3v) is 7.81. The molecule has 164 valence electrons. The Bertz CT molecular complexity index is 944. The molecule has 2 amide bonds. The molecule has 0 heterocycles. The highest BCUT2D eigenvalue weighted by Gasteiger charge is 2.44. The van der Waals surface area contributed by atoms with E-state index in [2.05, 4.69) is 17.2 Å². The van der Waals surface area contributed by atoms with Crippen LogP contribution in [0.15, 0.2) is 24.3 Å². The van der Waals surface area contributed by atoms with Crippen LogP contribution in [0.3, 0.4) is 0 Å². The number of carbonyl (C=O) groups is 2. The van der Waals surface area contributed by atoms with Gasteiger partial charge >= 0.3 is 0 Å². The highest BCUT2D eigenvalue weighted by molar-refractivity contribution is 7.92. The molecule has 2 rings (SSSR count). The van der Waals surface area contributed by atoms with Gasteiger partial charge in [0.05, 0.1) is 4.75 Å². The fourth-order valence-corrected chi connectivity index (χ4v) is 3.90. The van der Waals surface area contributed by atoms with Crippen LogP contribution < -0.4 is 10.8 Å². The van der Waals surface area contributed by atoms with Gasteiger partial charge in [0, 0.05) is 29.9 Å². The van der Waals surface area contributed by atoms with Crippen molar-refractivity contribution < 1.29 is 28.3 Å². The first kappa shape index (κ1) is 23.9. The number of aliphatic hydroxyl groups excluding tert-OH is 1. The SMILES string of the molecule is CC(C)([C@H](NC(=O)c1ccc(C#CC2CCC(CO)C2)cc1)C(=O)NO)S(C)(=O)=O. The van der Waals surface area contributed by atoms with E-state index < -0.39 is 32.4 Å². The number of rotatable bonds is 6. The number of sulfone groups is 1. The summed E-state index contributed by atoms with van der Waals surface area (Å²) in [5.74, 6) is 5.15. The van der Waals surface area contributed by atoms with Crippen molar-refractivity contribution in [2.24, 2.45) is 11.8 Å². The Morgan fingerprint density at radius 3 is 2.37 bits per heavy atom. The van der Waals surface area contributed by atoms with Gasteiger partial charge in [-0.15, -0.1) is 0 Å². The molecule has 1 aromatic carbocycles. The largest absolute Gasteiger partial charge is 0.396 e. The smallest absolute Gasteiger partial charge is 0.267 e. The van der Waals surface area contributed by atoms with E-state index in [9.17, 15) is 23.1 Å². The van der Waals surface area contributed by atoms with Crippen LogP contribution in [0, 0.1) is 23.7 Å². The van der Waals surface area contributed by atoms with E-state index in [1.54, 1.807) is 12.1 Å². The molecule has 3 atom stereocenters. The summed E-state index contributed by atoms with van der Waals surface area (Å²) in [5.41, 5.74) is 2.35. The minimum absolute atomic E-state index is 0.188. The molecule has 30 heavy (non-hydrogen) atoms. The number of hydroxylamine groups is 1. The van der Waals surface area contributed by atoms with Crippen LogP contribution in [0.1, 0.15) is 49.0 Å². The second kappa shape index (κ2) is 9.60. The van der Waals surface area contributed by atoms with E-state index in [4.69, 9.17) is 5.21 Å². The number of aliphatic hydroxyl groups is 1. The maximum Gasteiger partial charge on any atom is 0.267 e. The zero-order valence-electron chi connectivity index (χ0n) is 17.3. The maximum absolute atomic E-state index is 12.6. The molecule has 9 heteroatoms. The number of hydrogen-bond acceptors (Lipinski definition) is 6. The summed E-state index contributed by atoms with van der Waals surface area (Å²) in [6, 6.07) is 4.91. The highest BCUT2D eigenvalue weighted by Crippen LogP contribution is 2.29. The number of nitrogens with one attached hydrogen (secondary N) is 2. The Kier molecular flexibility index (Phi) is 7.64. The van der Waals surface area contributed by atoms with Crippen molar-refractivity contribution in [3.63, 3.8) is 0 Å². The predicted octanol–water partition coefficient (Wildman–Crippen LogP) is 0.874. The average Bonchev–Trinajstić information content (AvgIpc) is 3.17. The lowest BCUT2D eigenvalue weighted by molar-refractivity contribution is -0.131. The maximum atomic E-state index is 12.6. The Morgan fingerprint density at radius 2 is 1.87 bits per heavy atom. The molecule has 1 aromatic rings. The molecule has 1 aliphatic carbocycles. The van der Waals surface area contributed by atoms with Crippen LogP contribution in [-0.2, 0) is 14.6 Å². The predicted molar refractivity (Wildman–Crippen MR) is 111 cm³/mol. The molecule has 0 saturated heterocycles. The topological polar surface area (TPSA) is 133 Å². The summed E-state index contributed by atoms with van der Waals surface area (Å²) in [5, 5.41) is 20.5. The number of amides is 2. The normalized spacial score (nSPS) is 20.0. The Hall–Kier alpha value is -2.41. The van der Waals surface area contributed by atoms with E-state index >= 15 is 0 Å². The zero-order chi connectivity index (χ0) is 22.5. The summed E-state index contributed by atoms with van der Waals surface area (Å²) in [4.78, 5) is 24.6. The van der Waals surface area contributed by atoms with Crippen molar-refractivity contribution in [3.05, 3.63) is 35.4 Å². The molecule has 8 nitrogen and oxygen atoms in total. The molecule has 1 aliphatic rings. The van der Waals surface area contributed by atoms with Crippen LogP contribution in [-0.4, -0.2) is 54.2 Å². The van der Waals surface area contributed by atoms with Gasteiger partial charge in [-0.3, -0.25) is 14.8 Å². The van der Waals surface area contributed by atoms with Crippen LogP contribution in [0.25, 0.3) is 0 Å². The van der Waals surface area contributed by atoms with Gasteiger partial charge in [0.1, 0.15) is 6.04 Å². The monoisotopic (exact) mass is 436 g/mol. The van der Waals surface area contributed by atoms with Gasteiger partial charge in [0.15, 0.2) is 9.84 Å². The van der Waals surface area contributed by atoms with E-state index in [0.29, 0.717) is 5.92 Å². The first-order valence-corrected chi connectivity index (χ1v) is 11.6. The fourth-order valence-electron chi connectivity index (χ4n) is 3.31. The molecule has 0 spiro atoms. The van der Waals surface area contributed by atoms with E-state index in [0.717, 1.165) is 31.1 Å². The lowest BCUT2D eigenvalue weighted by Gasteiger charge is -2.31. The first-order valence-electron chi connectivity index (χ1n) is 9.66.